The third kappa shape index (κ3) is 6.81. The molecule has 0 fully saturated rings. The maximum absolute atomic E-state index is 6.99. The van der Waals surface area contributed by atoms with Crippen molar-refractivity contribution in [2.45, 2.75) is 116 Å². The fourth-order valence-corrected chi connectivity index (χ4v) is 18.1. The molecule has 4 heteroatoms. The van der Waals surface area contributed by atoms with Crippen molar-refractivity contribution in [1.29, 1.82) is 0 Å². The van der Waals surface area contributed by atoms with Crippen LogP contribution in [0.25, 0.3) is 11.1 Å². The summed E-state index contributed by atoms with van der Waals surface area (Å²) in [5.74, 6) is 0. The molecule has 0 aliphatic rings. The molecular weight excluding hydrogens is 487 g/mol. The second-order valence-corrected chi connectivity index (χ2v) is 20.5. The molecule has 0 radical (unpaired) electrons. The van der Waals surface area contributed by atoms with Gasteiger partial charge in [0.1, 0.15) is 0 Å². The highest BCUT2D eigenvalue weighted by molar-refractivity contribution is 6.92. The molecule has 0 aliphatic heterocycles. The van der Waals surface area contributed by atoms with Gasteiger partial charge in [0.05, 0.1) is 16.1 Å². The summed E-state index contributed by atoms with van der Waals surface area (Å²) in [5.41, 5.74) is 2.17. The topological polar surface area (TPSA) is 0 Å². The fraction of sp³-hybridized carbons (Fsp3) is 0.600. The van der Waals surface area contributed by atoms with Crippen LogP contribution in [0.2, 0.25) is 46.3 Å². The van der Waals surface area contributed by atoms with E-state index >= 15 is 0 Å². The van der Waals surface area contributed by atoms with E-state index in [9.17, 15) is 0 Å². The Bertz CT molecular complexity index is 786. The molecule has 0 atom stereocenters. The van der Waals surface area contributed by atoms with Crippen molar-refractivity contribution in [2.75, 3.05) is 0 Å². The Kier molecular flexibility index (Phi) is 12.4. The van der Waals surface area contributed by atoms with Gasteiger partial charge in [-0.2, -0.15) is 0 Å². The minimum absolute atomic E-state index is 0.867. The van der Waals surface area contributed by atoms with E-state index in [4.69, 9.17) is 23.2 Å². The highest BCUT2D eigenvalue weighted by atomic mass is 35.5. The van der Waals surface area contributed by atoms with E-state index in [-0.39, 0.29) is 0 Å². The summed E-state index contributed by atoms with van der Waals surface area (Å²) >= 11 is 14.0. The normalized spacial score (nSPS) is 12.4. The summed E-state index contributed by atoms with van der Waals surface area (Å²) in [6, 6.07) is 22.1. The van der Waals surface area contributed by atoms with Gasteiger partial charge in [-0.25, -0.2) is 0 Å². The van der Waals surface area contributed by atoms with Crippen LogP contribution in [-0.4, -0.2) is 16.1 Å². The van der Waals surface area contributed by atoms with E-state index in [1.807, 2.05) is 0 Å². The van der Waals surface area contributed by atoms with Crippen molar-refractivity contribution in [1.82, 2.24) is 0 Å². The predicted molar refractivity (Wildman–Crippen MR) is 163 cm³/mol. The smallest absolute Gasteiger partial charge is 0.0837 e. The van der Waals surface area contributed by atoms with Crippen molar-refractivity contribution in [3.63, 3.8) is 0 Å². The van der Waals surface area contributed by atoms with Gasteiger partial charge in [0, 0.05) is 21.2 Å². The van der Waals surface area contributed by atoms with Crippen LogP contribution in [0.5, 0.6) is 0 Å². The third-order valence-electron chi connectivity index (χ3n) is 7.82. The lowest BCUT2D eigenvalue weighted by molar-refractivity contribution is 0.937. The van der Waals surface area contributed by atoms with E-state index < -0.39 is 16.1 Å². The maximum Gasteiger partial charge on any atom is 0.0867 e. The molecule has 0 aliphatic carbocycles. The van der Waals surface area contributed by atoms with Crippen LogP contribution in [0, 0.1) is 0 Å². The highest BCUT2D eigenvalue weighted by Gasteiger charge is 2.34. The standard InChI is InChI=1S/C30H48Cl2Si2/c1-7-17-33(18-8-2,19-9-3)25-13-15-27(29(31)23-25)28-16-14-26(24-30(28)32)34(20-10-4,21-11-5)22-12-6/h13-16,23-24H,7-12,17-22H2,1-6H3. The first-order chi connectivity index (χ1) is 16.4. The Hall–Kier alpha value is -0.546. The Morgan fingerprint density at radius 3 is 0.941 bits per heavy atom. The van der Waals surface area contributed by atoms with E-state index in [1.165, 1.54) is 74.8 Å². The molecule has 2 aromatic carbocycles. The quantitative estimate of drug-likeness (QED) is 0.199. The molecule has 190 valence electrons. The van der Waals surface area contributed by atoms with Gasteiger partial charge in [0.25, 0.3) is 0 Å². The summed E-state index contributed by atoms with van der Waals surface area (Å²) in [7, 11) is -3.03. The molecule has 0 nitrogen and oxygen atoms in total. The second kappa shape index (κ2) is 14.3. The Morgan fingerprint density at radius 1 is 0.471 bits per heavy atom. The first-order valence-corrected chi connectivity index (χ1v) is 20.0. The van der Waals surface area contributed by atoms with Gasteiger partial charge in [0.15, 0.2) is 0 Å². The van der Waals surface area contributed by atoms with Crippen LogP contribution in [0.4, 0.5) is 0 Å². The molecule has 0 heterocycles. The number of hydrogen-bond acceptors (Lipinski definition) is 0. The SMILES string of the molecule is CCC[Si](CCC)(CCC)c1ccc(-c2ccc([Si](CCC)(CCC)CCC)cc2Cl)c(Cl)c1. The zero-order chi connectivity index (χ0) is 25.2. The zero-order valence-electron chi connectivity index (χ0n) is 22.7. The monoisotopic (exact) mass is 534 g/mol. The van der Waals surface area contributed by atoms with E-state index in [0.717, 1.165) is 21.2 Å². The lowest BCUT2D eigenvalue weighted by atomic mass is 10.1. The Morgan fingerprint density at radius 2 is 0.735 bits per heavy atom. The predicted octanol–water partition coefficient (Wildman–Crippen LogP) is 10.4. The number of rotatable bonds is 15. The maximum atomic E-state index is 6.99. The van der Waals surface area contributed by atoms with E-state index in [2.05, 4.69) is 77.9 Å². The van der Waals surface area contributed by atoms with Crippen LogP contribution >= 0.6 is 23.2 Å². The molecule has 0 N–H and O–H groups in total. The van der Waals surface area contributed by atoms with E-state index in [1.54, 1.807) is 10.4 Å². The minimum Gasteiger partial charge on any atom is -0.0837 e. The summed E-state index contributed by atoms with van der Waals surface area (Å²) in [6.45, 7) is 14.0. The van der Waals surface area contributed by atoms with E-state index in [0.29, 0.717) is 0 Å². The highest BCUT2D eigenvalue weighted by Crippen LogP contribution is 2.36. The Balaban J connectivity index is 2.50. The molecule has 34 heavy (non-hydrogen) atoms. The lowest BCUT2D eigenvalue weighted by Gasteiger charge is -2.33. The summed E-state index contributed by atoms with van der Waals surface area (Å²) in [6.07, 6.45) is 7.57. The molecule has 2 aromatic rings. The van der Waals surface area contributed by atoms with Gasteiger partial charge >= 0.3 is 0 Å². The fourth-order valence-electron chi connectivity index (χ4n) is 6.61. The van der Waals surface area contributed by atoms with Crippen LogP contribution in [-0.2, 0) is 0 Å². The number of hydrogen-bond donors (Lipinski definition) is 0. The molecule has 0 spiro atoms. The first-order valence-electron chi connectivity index (χ1n) is 14.0. The summed E-state index contributed by atoms with van der Waals surface area (Å²) in [4.78, 5) is 0. The average Bonchev–Trinajstić information content (AvgIpc) is 2.80. The molecule has 0 aromatic heterocycles. The Labute approximate surface area is 222 Å². The largest absolute Gasteiger partial charge is 0.0867 e. The minimum atomic E-state index is -1.51. The van der Waals surface area contributed by atoms with Gasteiger partial charge in [0.2, 0.25) is 0 Å². The van der Waals surface area contributed by atoms with Crippen LogP contribution in [0.15, 0.2) is 36.4 Å². The summed E-state index contributed by atoms with van der Waals surface area (Å²) in [5, 5.41) is 4.82. The molecule has 2 rings (SSSR count). The van der Waals surface area contributed by atoms with Gasteiger partial charge in [-0.15, -0.1) is 0 Å². The van der Waals surface area contributed by atoms with Gasteiger partial charge in [-0.05, 0) is 12.1 Å². The van der Waals surface area contributed by atoms with Crippen LogP contribution < -0.4 is 10.4 Å². The molecule has 0 amide bonds. The van der Waals surface area contributed by atoms with Gasteiger partial charge < -0.3 is 0 Å². The van der Waals surface area contributed by atoms with Crippen molar-refractivity contribution in [3.8, 4) is 11.1 Å². The average molecular weight is 536 g/mol. The molecule has 0 saturated heterocycles. The molecule has 0 saturated carbocycles. The molecule has 0 unspecified atom stereocenters. The lowest BCUT2D eigenvalue weighted by Crippen LogP contribution is -2.47. The van der Waals surface area contributed by atoms with Crippen molar-refractivity contribution in [3.05, 3.63) is 46.4 Å². The second-order valence-electron chi connectivity index (χ2n) is 10.4. The van der Waals surface area contributed by atoms with Crippen LogP contribution in [0.3, 0.4) is 0 Å². The van der Waals surface area contributed by atoms with Crippen molar-refractivity contribution < 1.29 is 0 Å². The van der Waals surface area contributed by atoms with Gasteiger partial charge in [-0.1, -0.05) is 174 Å². The third-order valence-corrected chi connectivity index (χ3v) is 20.3. The molecule has 0 bridgehead atoms. The zero-order valence-corrected chi connectivity index (χ0v) is 26.2. The van der Waals surface area contributed by atoms with Crippen molar-refractivity contribution >= 4 is 49.7 Å². The first kappa shape index (κ1) is 29.7. The molecular formula is C30H48Cl2Si2. The van der Waals surface area contributed by atoms with Crippen molar-refractivity contribution in [2.24, 2.45) is 0 Å². The van der Waals surface area contributed by atoms with Crippen LogP contribution in [0.1, 0.15) is 80.1 Å². The summed E-state index contributed by atoms with van der Waals surface area (Å²) < 4.78 is 0. The number of benzene rings is 2. The van der Waals surface area contributed by atoms with Gasteiger partial charge in [-0.3, -0.25) is 0 Å². The number of halogens is 2.